The normalized spacial score (nSPS) is 11.6. The second kappa shape index (κ2) is 8.36. The molecule has 0 radical (unpaired) electrons. The fourth-order valence-corrected chi connectivity index (χ4v) is 4.10. The van der Waals surface area contributed by atoms with Crippen molar-refractivity contribution in [3.05, 3.63) is 77.4 Å². The summed E-state index contributed by atoms with van der Waals surface area (Å²) in [7, 11) is -2.24. The number of phenolic OH excluding ortho intramolecular Hbond substituents is 1. The van der Waals surface area contributed by atoms with E-state index in [0.29, 0.717) is 28.3 Å². The molecule has 0 bridgehead atoms. The summed E-state index contributed by atoms with van der Waals surface area (Å²) in [6, 6.07) is 16.9. The van der Waals surface area contributed by atoms with E-state index in [1.54, 1.807) is 49.4 Å². The second-order valence-electron chi connectivity index (χ2n) is 6.61. The summed E-state index contributed by atoms with van der Waals surface area (Å²) >= 11 is 0. The van der Waals surface area contributed by atoms with Gasteiger partial charge in [-0.3, -0.25) is 9.71 Å². The molecule has 0 fully saturated rings. The Labute approximate surface area is 170 Å². The molecule has 0 unspecified atom stereocenters. The summed E-state index contributed by atoms with van der Waals surface area (Å²) in [5, 5.41) is 9.97. The lowest BCUT2D eigenvalue weighted by Gasteiger charge is -2.11. The van der Waals surface area contributed by atoms with Crippen molar-refractivity contribution in [3.8, 4) is 11.5 Å². The number of anilines is 1. The fourth-order valence-electron chi connectivity index (χ4n) is 2.78. The molecule has 0 saturated heterocycles. The third-order valence-electron chi connectivity index (χ3n) is 4.32. The maximum absolute atomic E-state index is 12.9. The molecular weight excluding hydrogens is 388 g/mol. The SMILES string of the molecule is COc1ccc(O)c(C=Nc2ccc(C)c(S(=O)(=O)Nc3cccc(C)c3)c2)c1. The number of sulfonamides is 1. The highest BCUT2D eigenvalue weighted by molar-refractivity contribution is 7.92. The largest absolute Gasteiger partial charge is 0.507 e. The Balaban J connectivity index is 1.92. The Morgan fingerprint density at radius 1 is 1.03 bits per heavy atom. The number of phenols is 1. The molecule has 0 aromatic heterocycles. The number of aromatic hydroxyl groups is 1. The lowest BCUT2D eigenvalue weighted by Crippen LogP contribution is -2.14. The first kappa shape index (κ1) is 20.4. The predicted molar refractivity (Wildman–Crippen MR) is 115 cm³/mol. The zero-order valence-corrected chi connectivity index (χ0v) is 17.2. The number of ether oxygens (including phenoxy) is 1. The van der Waals surface area contributed by atoms with E-state index < -0.39 is 10.0 Å². The second-order valence-corrected chi connectivity index (χ2v) is 8.26. The number of aliphatic imine (C=N–C) groups is 1. The van der Waals surface area contributed by atoms with Crippen LogP contribution in [-0.4, -0.2) is 26.8 Å². The Hall–Kier alpha value is -3.32. The standard InChI is InChI=1S/C22H22N2O4S/c1-15-5-4-6-19(11-15)24-29(26,27)22-13-18(8-7-16(22)2)23-14-17-12-20(28-3)9-10-21(17)25/h4-14,24-25H,1-3H3. The lowest BCUT2D eigenvalue weighted by atomic mass is 10.2. The summed E-state index contributed by atoms with van der Waals surface area (Å²) < 4.78 is 33.5. The molecule has 3 rings (SSSR count). The summed E-state index contributed by atoms with van der Waals surface area (Å²) in [4.78, 5) is 4.46. The molecule has 29 heavy (non-hydrogen) atoms. The molecule has 3 aromatic rings. The predicted octanol–water partition coefficient (Wildman–Crippen LogP) is 4.57. The number of rotatable bonds is 6. The highest BCUT2D eigenvalue weighted by Gasteiger charge is 2.17. The minimum absolute atomic E-state index is 0.0515. The molecule has 150 valence electrons. The van der Waals surface area contributed by atoms with Crippen LogP contribution in [0.1, 0.15) is 16.7 Å². The van der Waals surface area contributed by atoms with E-state index in [-0.39, 0.29) is 10.6 Å². The Bertz CT molecular complexity index is 1170. The number of nitrogens with one attached hydrogen (secondary N) is 1. The number of hydrogen-bond donors (Lipinski definition) is 2. The van der Waals surface area contributed by atoms with Crippen molar-refractivity contribution in [2.24, 2.45) is 4.99 Å². The molecule has 0 aliphatic rings. The average Bonchev–Trinajstić information content (AvgIpc) is 2.68. The highest BCUT2D eigenvalue weighted by Crippen LogP contribution is 2.26. The van der Waals surface area contributed by atoms with Crippen molar-refractivity contribution in [1.29, 1.82) is 0 Å². The Kier molecular flexibility index (Phi) is 5.89. The van der Waals surface area contributed by atoms with E-state index >= 15 is 0 Å². The van der Waals surface area contributed by atoms with Gasteiger partial charge in [0, 0.05) is 17.5 Å². The Morgan fingerprint density at radius 2 is 1.83 bits per heavy atom. The van der Waals surface area contributed by atoms with Crippen LogP contribution in [0.15, 0.2) is 70.6 Å². The molecule has 0 spiro atoms. The van der Waals surface area contributed by atoms with Gasteiger partial charge in [-0.2, -0.15) is 0 Å². The quantitative estimate of drug-likeness (QED) is 0.583. The average molecular weight is 410 g/mol. The van der Waals surface area contributed by atoms with Gasteiger partial charge in [0.05, 0.1) is 17.7 Å². The van der Waals surface area contributed by atoms with Gasteiger partial charge in [-0.1, -0.05) is 18.2 Å². The maximum atomic E-state index is 12.9. The molecule has 0 amide bonds. The van der Waals surface area contributed by atoms with Crippen LogP contribution in [0.25, 0.3) is 0 Å². The number of benzene rings is 3. The lowest BCUT2D eigenvalue weighted by molar-refractivity contribution is 0.412. The van der Waals surface area contributed by atoms with Crippen LogP contribution < -0.4 is 9.46 Å². The minimum Gasteiger partial charge on any atom is -0.507 e. The molecule has 0 atom stereocenters. The Morgan fingerprint density at radius 3 is 2.55 bits per heavy atom. The van der Waals surface area contributed by atoms with Gasteiger partial charge in [-0.15, -0.1) is 0 Å². The van der Waals surface area contributed by atoms with E-state index in [9.17, 15) is 13.5 Å². The van der Waals surface area contributed by atoms with Crippen LogP contribution in [0.5, 0.6) is 11.5 Å². The van der Waals surface area contributed by atoms with Crippen LogP contribution in [-0.2, 0) is 10.0 Å². The zero-order valence-electron chi connectivity index (χ0n) is 16.4. The van der Waals surface area contributed by atoms with Crippen molar-refractivity contribution in [1.82, 2.24) is 0 Å². The van der Waals surface area contributed by atoms with Gasteiger partial charge in [0.1, 0.15) is 11.5 Å². The van der Waals surface area contributed by atoms with E-state index in [1.165, 1.54) is 25.5 Å². The van der Waals surface area contributed by atoms with Crippen molar-refractivity contribution in [3.63, 3.8) is 0 Å². The number of nitrogens with zero attached hydrogens (tertiary/aromatic N) is 1. The maximum Gasteiger partial charge on any atom is 0.262 e. The smallest absolute Gasteiger partial charge is 0.262 e. The molecule has 6 nitrogen and oxygen atoms in total. The first-order valence-corrected chi connectivity index (χ1v) is 10.4. The zero-order chi connectivity index (χ0) is 21.0. The highest BCUT2D eigenvalue weighted by atomic mass is 32.2. The third kappa shape index (κ3) is 4.94. The van der Waals surface area contributed by atoms with E-state index in [2.05, 4.69) is 9.71 Å². The summed E-state index contributed by atoms with van der Waals surface area (Å²) in [5.41, 5.74) is 2.97. The molecule has 3 aromatic carbocycles. The van der Waals surface area contributed by atoms with Gasteiger partial charge in [-0.25, -0.2) is 8.42 Å². The van der Waals surface area contributed by atoms with Gasteiger partial charge < -0.3 is 9.84 Å². The first-order chi connectivity index (χ1) is 13.8. The van der Waals surface area contributed by atoms with Crippen LogP contribution in [0, 0.1) is 13.8 Å². The summed E-state index contributed by atoms with van der Waals surface area (Å²) in [6.45, 7) is 3.62. The molecule has 7 heteroatoms. The first-order valence-electron chi connectivity index (χ1n) is 8.90. The summed E-state index contributed by atoms with van der Waals surface area (Å²) in [6.07, 6.45) is 1.47. The fraction of sp³-hybridized carbons (Fsp3) is 0.136. The van der Waals surface area contributed by atoms with Gasteiger partial charge in [0.15, 0.2) is 0 Å². The van der Waals surface area contributed by atoms with Crippen LogP contribution in [0.2, 0.25) is 0 Å². The monoisotopic (exact) mass is 410 g/mol. The van der Waals surface area contributed by atoms with E-state index in [0.717, 1.165) is 5.56 Å². The van der Waals surface area contributed by atoms with E-state index in [1.807, 2.05) is 13.0 Å². The van der Waals surface area contributed by atoms with Gasteiger partial charge in [0.2, 0.25) is 0 Å². The number of methoxy groups -OCH3 is 1. The molecule has 2 N–H and O–H groups in total. The molecular formula is C22H22N2O4S. The van der Waals surface area contributed by atoms with Gasteiger partial charge in [0.25, 0.3) is 10.0 Å². The minimum atomic E-state index is -3.78. The topological polar surface area (TPSA) is 88.0 Å². The van der Waals surface area contributed by atoms with Crippen molar-refractivity contribution >= 4 is 27.6 Å². The van der Waals surface area contributed by atoms with Gasteiger partial charge in [-0.05, 0) is 67.4 Å². The van der Waals surface area contributed by atoms with Crippen LogP contribution in [0.3, 0.4) is 0 Å². The van der Waals surface area contributed by atoms with Crippen LogP contribution >= 0.6 is 0 Å². The van der Waals surface area contributed by atoms with Crippen molar-refractivity contribution in [2.45, 2.75) is 18.7 Å². The molecule has 0 aliphatic heterocycles. The van der Waals surface area contributed by atoms with Crippen molar-refractivity contribution in [2.75, 3.05) is 11.8 Å². The third-order valence-corrected chi connectivity index (χ3v) is 5.84. The van der Waals surface area contributed by atoms with Gasteiger partial charge >= 0.3 is 0 Å². The summed E-state index contributed by atoms with van der Waals surface area (Å²) in [5.74, 6) is 0.634. The molecule has 0 saturated carbocycles. The molecule has 0 heterocycles. The van der Waals surface area contributed by atoms with E-state index in [4.69, 9.17) is 4.74 Å². The van der Waals surface area contributed by atoms with Crippen molar-refractivity contribution < 1.29 is 18.3 Å². The van der Waals surface area contributed by atoms with Crippen LogP contribution in [0.4, 0.5) is 11.4 Å². The number of aryl methyl sites for hydroxylation is 2. The molecule has 0 aliphatic carbocycles. The number of hydrogen-bond acceptors (Lipinski definition) is 5.